The van der Waals surface area contributed by atoms with E-state index in [0.717, 1.165) is 0 Å². The molecule has 0 aromatic heterocycles. The summed E-state index contributed by atoms with van der Waals surface area (Å²) in [6, 6.07) is 5.71. The Hall–Kier alpha value is -2.33. The molecule has 0 aliphatic rings. The maximum absolute atomic E-state index is 13.0. The van der Waals surface area contributed by atoms with Crippen LogP contribution in [0.4, 0.5) is 4.39 Å². The summed E-state index contributed by atoms with van der Waals surface area (Å²) >= 11 is 0. The Labute approximate surface area is 85.8 Å². The van der Waals surface area contributed by atoms with E-state index in [0.29, 0.717) is 5.56 Å². The lowest BCUT2D eigenvalue weighted by Crippen LogP contribution is -1.91. The van der Waals surface area contributed by atoms with E-state index in [2.05, 4.69) is 5.92 Å². The van der Waals surface area contributed by atoms with Gasteiger partial charge < -0.3 is 5.11 Å². The molecule has 0 heterocycles. The molecule has 0 aliphatic heterocycles. The van der Waals surface area contributed by atoms with Crippen molar-refractivity contribution in [2.75, 3.05) is 0 Å². The van der Waals surface area contributed by atoms with Gasteiger partial charge in [-0.25, -0.2) is 9.18 Å². The maximum atomic E-state index is 13.0. The van der Waals surface area contributed by atoms with Crippen LogP contribution in [0, 0.1) is 29.0 Å². The number of halogens is 1. The third kappa shape index (κ3) is 3.13. The SMILES string of the molecule is N#CCc1cc(C#CC(=O)O)ccc1F. The number of carboxylic acids is 1. The first-order chi connectivity index (χ1) is 7.13. The number of benzene rings is 1. The Morgan fingerprint density at radius 2 is 2.27 bits per heavy atom. The van der Waals surface area contributed by atoms with Crippen molar-refractivity contribution in [3.8, 4) is 17.9 Å². The van der Waals surface area contributed by atoms with Gasteiger partial charge >= 0.3 is 5.97 Å². The van der Waals surface area contributed by atoms with Gasteiger partial charge in [-0.15, -0.1) is 0 Å². The lowest BCUT2D eigenvalue weighted by molar-refractivity contribution is -0.130. The minimum absolute atomic E-state index is 0.0611. The van der Waals surface area contributed by atoms with E-state index in [9.17, 15) is 9.18 Å². The fourth-order valence-electron chi connectivity index (χ4n) is 0.999. The number of carboxylic acid groups (broad SMARTS) is 1. The van der Waals surface area contributed by atoms with E-state index in [1.807, 2.05) is 12.0 Å². The van der Waals surface area contributed by atoms with Gasteiger partial charge in [0.05, 0.1) is 12.5 Å². The van der Waals surface area contributed by atoms with Gasteiger partial charge in [-0.3, -0.25) is 0 Å². The van der Waals surface area contributed by atoms with Crippen LogP contribution in [-0.2, 0) is 11.2 Å². The third-order valence-corrected chi connectivity index (χ3v) is 1.63. The molecule has 0 atom stereocenters. The number of aliphatic carboxylic acids is 1. The third-order valence-electron chi connectivity index (χ3n) is 1.63. The van der Waals surface area contributed by atoms with E-state index in [-0.39, 0.29) is 12.0 Å². The van der Waals surface area contributed by atoms with Crippen LogP contribution in [0.3, 0.4) is 0 Å². The zero-order valence-corrected chi connectivity index (χ0v) is 7.62. The van der Waals surface area contributed by atoms with Crippen molar-refractivity contribution in [3.63, 3.8) is 0 Å². The van der Waals surface area contributed by atoms with Crippen LogP contribution in [0.25, 0.3) is 0 Å². The second-order valence-electron chi connectivity index (χ2n) is 2.70. The Morgan fingerprint density at radius 1 is 1.53 bits per heavy atom. The number of hydrogen-bond acceptors (Lipinski definition) is 2. The number of nitriles is 1. The highest BCUT2D eigenvalue weighted by atomic mass is 19.1. The molecule has 1 rings (SSSR count). The second kappa shape index (κ2) is 4.78. The average Bonchev–Trinajstić information content (AvgIpc) is 2.19. The summed E-state index contributed by atoms with van der Waals surface area (Å²) in [6.45, 7) is 0. The van der Waals surface area contributed by atoms with Crippen LogP contribution in [0.1, 0.15) is 11.1 Å². The van der Waals surface area contributed by atoms with Crippen LogP contribution < -0.4 is 0 Å². The maximum Gasteiger partial charge on any atom is 0.382 e. The molecule has 0 bridgehead atoms. The average molecular weight is 203 g/mol. The number of rotatable bonds is 1. The Morgan fingerprint density at radius 3 is 2.87 bits per heavy atom. The highest BCUT2D eigenvalue weighted by Gasteiger charge is 2.01. The molecule has 4 heteroatoms. The van der Waals surface area contributed by atoms with Gasteiger partial charge in [0.2, 0.25) is 0 Å². The number of hydrogen-bond donors (Lipinski definition) is 1. The van der Waals surface area contributed by atoms with Crippen LogP contribution in [-0.4, -0.2) is 11.1 Å². The van der Waals surface area contributed by atoms with Crippen LogP contribution in [0.5, 0.6) is 0 Å². The van der Waals surface area contributed by atoms with Gasteiger partial charge in [0.1, 0.15) is 5.82 Å². The lowest BCUT2D eigenvalue weighted by Gasteiger charge is -1.97. The first-order valence-electron chi connectivity index (χ1n) is 4.04. The molecular weight excluding hydrogens is 197 g/mol. The van der Waals surface area contributed by atoms with Crippen molar-refractivity contribution >= 4 is 5.97 Å². The predicted molar refractivity (Wildman–Crippen MR) is 50.2 cm³/mol. The first kappa shape index (κ1) is 10.7. The Bertz CT molecular complexity index is 492. The van der Waals surface area contributed by atoms with Crippen molar-refractivity contribution in [3.05, 3.63) is 35.1 Å². The highest BCUT2D eigenvalue weighted by molar-refractivity contribution is 5.87. The lowest BCUT2D eigenvalue weighted by atomic mass is 10.1. The van der Waals surface area contributed by atoms with E-state index >= 15 is 0 Å². The normalized spacial score (nSPS) is 8.53. The minimum atomic E-state index is -1.25. The topological polar surface area (TPSA) is 61.1 Å². The molecule has 1 aromatic rings. The van der Waals surface area contributed by atoms with E-state index < -0.39 is 11.8 Å². The molecule has 1 N–H and O–H groups in total. The van der Waals surface area contributed by atoms with Crippen LogP contribution >= 0.6 is 0 Å². The first-order valence-corrected chi connectivity index (χ1v) is 4.04. The fraction of sp³-hybridized carbons (Fsp3) is 0.0909. The van der Waals surface area contributed by atoms with E-state index in [1.165, 1.54) is 18.2 Å². The molecule has 0 saturated heterocycles. The minimum Gasteiger partial charge on any atom is -0.472 e. The highest BCUT2D eigenvalue weighted by Crippen LogP contribution is 2.10. The van der Waals surface area contributed by atoms with E-state index in [1.54, 1.807) is 0 Å². The Kier molecular flexibility index (Phi) is 3.43. The molecule has 3 nitrogen and oxygen atoms in total. The van der Waals surface area contributed by atoms with Gasteiger partial charge in [-0.05, 0) is 18.2 Å². The van der Waals surface area contributed by atoms with Gasteiger partial charge in [-0.2, -0.15) is 5.26 Å². The molecule has 0 saturated carbocycles. The van der Waals surface area contributed by atoms with Crippen molar-refractivity contribution in [1.29, 1.82) is 5.26 Å². The predicted octanol–water partition coefficient (Wildman–Crippen LogP) is 1.33. The zero-order valence-electron chi connectivity index (χ0n) is 7.62. The number of nitrogens with zero attached hydrogens (tertiary/aromatic N) is 1. The van der Waals surface area contributed by atoms with Crippen molar-refractivity contribution < 1.29 is 14.3 Å². The molecular formula is C11H6FNO2. The van der Waals surface area contributed by atoms with Gasteiger partial charge in [0, 0.05) is 17.0 Å². The molecule has 15 heavy (non-hydrogen) atoms. The zero-order chi connectivity index (χ0) is 11.3. The summed E-state index contributed by atoms with van der Waals surface area (Å²) in [5.74, 6) is 2.52. The largest absolute Gasteiger partial charge is 0.472 e. The summed E-state index contributed by atoms with van der Waals surface area (Å²) in [6.07, 6.45) is -0.0611. The van der Waals surface area contributed by atoms with Crippen LogP contribution in [0.15, 0.2) is 18.2 Å². The standard InChI is InChI=1S/C11H6FNO2/c12-10-3-1-8(2-4-11(14)15)7-9(10)5-6-13/h1,3,7H,5H2,(H,14,15). The molecule has 0 amide bonds. The summed E-state index contributed by atoms with van der Waals surface area (Å²) in [4.78, 5) is 10.2. The molecule has 0 fully saturated rings. The second-order valence-corrected chi connectivity index (χ2v) is 2.70. The molecule has 0 unspecified atom stereocenters. The molecule has 1 aromatic carbocycles. The van der Waals surface area contributed by atoms with Gasteiger partial charge in [0.15, 0.2) is 0 Å². The fourth-order valence-corrected chi connectivity index (χ4v) is 0.999. The van der Waals surface area contributed by atoms with Crippen molar-refractivity contribution in [2.24, 2.45) is 0 Å². The quantitative estimate of drug-likeness (QED) is 0.700. The van der Waals surface area contributed by atoms with Crippen molar-refractivity contribution in [1.82, 2.24) is 0 Å². The monoisotopic (exact) mass is 203 g/mol. The van der Waals surface area contributed by atoms with Gasteiger partial charge in [-0.1, -0.05) is 5.92 Å². The van der Waals surface area contributed by atoms with Gasteiger partial charge in [0.25, 0.3) is 0 Å². The van der Waals surface area contributed by atoms with E-state index in [4.69, 9.17) is 10.4 Å². The molecule has 0 aliphatic carbocycles. The smallest absolute Gasteiger partial charge is 0.382 e. The molecule has 0 radical (unpaired) electrons. The summed E-state index contributed by atoms with van der Waals surface area (Å²) in [7, 11) is 0. The summed E-state index contributed by atoms with van der Waals surface area (Å²) < 4.78 is 13.0. The molecule has 0 spiro atoms. The summed E-state index contributed by atoms with van der Waals surface area (Å²) in [5, 5.41) is 16.7. The van der Waals surface area contributed by atoms with Crippen molar-refractivity contribution in [2.45, 2.75) is 6.42 Å². The molecule has 74 valence electrons. The van der Waals surface area contributed by atoms with Crippen LogP contribution in [0.2, 0.25) is 0 Å². The number of carbonyl (C=O) groups is 1. The Balaban J connectivity index is 3.05. The summed E-state index contributed by atoms with van der Waals surface area (Å²) in [5.41, 5.74) is 0.596.